The lowest BCUT2D eigenvalue weighted by molar-refractivity contribution is 0.170. The van der Waals surface area contributed by atoms with Crippen molar-refractivity contribution in [1.29, 1.82) is 0 Å². The Morgan fingerprint density at radius 2 is 2.36 bits per heavy atom. The van der Waals surface area contributed by atoms with E-state index in [-0.39, 0.29) is 12.8 Å². The smallest absolute Gasteiger partial charge is 0.102 e. The van der Waals surface area contributed by atoms with Crippen LogP contribution in [0.3, 0.4) is 0 Å². The topological polar surface area (TPSA) is 23.5 Å². The molecule has 0 aromatic rings. The van der Waals surface area contributed by atoms with E-state index in [1.54, 1.807) is 0 Å². The molecule has 0 aromatic heterocycles. The highest BCUT2D eigenvalue weighted by Crippen LogP contribution is 2.19. The number of rotatable bonds is 3. The number of likely N-dealkylation sites (tertiary alicyclic amines) is 1. The minimum absolute atomic E-state index is 0.230. The number of alkyl halides is 1. The first-order valence-electron chi connectivity index (χ1n) is 4.26. The van der Waals surface area contributed by atoms with E-state index >= 15 is 0 Å². The summed E-state index contributed by atoms with van der Waals surface area (Å²) in [6.45, 7) is 2.91. The van der Waals surface area contributed by atoms with Crippen LogP contribution in [-0.4, -0.2) is 41.9 Å². The second-order valence-electron chi connectivity index (χ2n) is 3.14. The van der Waals surface area contributed by atoms with E-state index in [1.807, 2.05) is 4.90 Å². The third-order valence-electron chi connectivity index (χ3n) is 2.35. The Morgan fingerprint density at radius 3 is 2.91 bits per heavy atom. The van der Waals surface area contributed by atoms with Gasteiger partial charge in [0.1, 0.15) is 6.67 Å². The Hall–Kier alpha value is -0.150. The molecule has 0 amide bonds. The van der Waals surface area contributed by atoms with Gasteiger partial charge in [-0.3, -0.25) is 4.90 Å². The van der Waals surface area contributed by atoms with Crippen LogP contribution in [0.5, 0.6) is 0 Å². The van der Waals surface area contributed by atoms with Crippen LogP contribution >= 0.6 is 0 Å². The minimum Gasteiger partial charge on any atom is -0.392 e. The fraction of sp³-hybridized carbons (Fsp3) is 1.00. The fourth-order valence-electron chi connectivity index (χ4n) is 1.76. The zero-order valence-corrected chi connectivity index (χ0v) is 6.96. The van der Waals surface area contributed by atoms with Gasteiger partial charge in [-0.15, -0.1) is 0 Å². The molecular formula is C8H16FNO. The van der Waals surface area contributed by atoms with E-state index in [2.05, 4.69) is 6.92 Å². The molecule has 11 heavy (non-hydrogen) atoms. The maximum absolute atomic E-state index is 12.0. The molecule has 1 heterocycles. The highest BCUT2D eigenvalue weighted by atomic mass is 19.1. The van der Waals surface area contributed by atoms with Crippen LogP contribution in [0.2, 0.25) is 0 Å². The highest BCUT2D eigenvalue weighted by Gasteiger charge is 2.28. The Kier molecular flexibility index (Phi) is 3.27. The van der Waals surface area contributed by atoms with Crippen LogP contribution in [-0.2, 0) is 0 Å². The third kappa shape index (κ3) is 2.14. The van der Waals surface area contributed by atoms with Crippen molar-refractivity contribution in [3.05, 3.63) is 0 Å². The minimum atomic E-state index is -0.302. The zero-order valence-electron chi connectivity index (χ0n) is 6.96. The van der Waals surface area contributed by atoms with Crippen LogP contribution in [0.25, 0.3) is 0 Å². The predicted octanol–water partition coefficient (Wildman–Crippen LogP) is 0.801. The van der Waals surface area contributed by atoms with Gasteiger partial charge in [0.05, 0.1) is 6.10 Å². The molecule has 0 aromatic carbocycles. The molecule has 0 saturated carbocycles. The second-order valence-corrected chi connectivity index (χ2v) is 3.14. The van der Waals surface area contributed by atoms with Gasteiger partial charge in [0.25, 0.3) is 0 Å². The molecule has 0 spiro atoms. The summed E-state index contributed by atoms with van der Waals surface area (Å²) >= 11 is 0. The van der Waals surface area contributed by atoms with Crippen LogP contribution in [0, 0.1) is 0 Å². The van der Waals surface area contributed by atoms with Crippen molar-refractivity contribution < 1.29 is 9.50 Å². The summed E-state index contributed by atoms with van der Waals surface area (Å²) in [4.78, 5) is 2.03. The molecule has 2 atom stereocenters. The lowest BCUT2D eigenvalue weighted by Gasteiger charge is -2.20. The first-order chi connectivity index (χ1) is 5.27. The standard InChI is InChI=1S/C8H16FNO/c1-2-7-5-8(11)6-10(7)4-3-9/h7-8,11H,2-6H2,1H3/t7-,8+/m1/s1. The first kappa shape index (κ1) is 8.94. The Balaban J connectivity index is 2.37. The molecule has 66 valence electrons. The molecule has 0 bridgehead atoms. The van der Waals surface area contributed by atoms with E-state index in [0.717, 1.165) is 12.8 Å². The molecule has 1 fully saturated rings. The van der Waals surface area contributed by atoms with E-state index < -0.39 is 0 Å². The molecular weight excluding hydrogens is 145 g/mol. The zero-order chi connectivity index (χ0) is 8.27. The summed E-state index contributed by atoms with van der Waals surface area (Å²) in [6.07, 6.45) is 1.60. The van der Waals surface area contributed by atoms with Crippen LogP contribution in [0.1, 0.15) is 19.8 Å². The van der Waals surface area contributed by atoms with Crippen molar-refractivity contribution in [2.75, 3.05) is 19.8 Å². The van der Waals surface area contributed by atoms with Gasteiger partial charge < -0.3 is 5.11 Å². The first-order valence-corrected chi connectivity index (χ1v) is 4.26. The third-order valence-corrected chi connectivity index (χ3v) is 2.35. The molecule has 0 radical (unpaired) electrons. The van der Waals surface area contributed by atoms with Crippen LogP contribution in [0.4, 0.5) is 4.39 Å². The maximum Gasteiger partial charge on any atom is 0.102 e. The normalized spacial score (nSPS) is 33.0. The number of hydrogen-bond acceptors (Lipinski definition) is 2. The Labute approximate surface area is 67.0 Å². The van der Waals surface area contributed by atoms with Gasteiger partial charge in [-0.1, -0.05) is 6.92 Å². The SMILES string of the molecule is CC[C@@H]1C[C@H](O)CN1CCF. The highest BCUT2D eigenvalue weighted by molar-refractivity contribution is 4.83. The quantitative estimate of drug-likeness (QED) is 0.662. The molecule has 1 N–H and O–H groups in total. The summed E-state index contributed by atoms with van der Waals surface area (Å²) in [5.74, 6) is 0. The lowest BCUT2D eigenvalue weighted by atomic mass is 10.1. The van der Waals surface area contributed by atoms with E-state index in [1.165, 1.54) is 0 Å². The maximum atomic E-state index is 12.0. The van der Waals surface area contributed by atoms with Gasteiger partial charge in [0, 0.05) is 19.1 Å². The average molecular weight is 161 g/mol. The summed E-state index contributed by atoms with van der Waals surface area (Å²) in [7, 11) is 0. The van der Waals surface area contributed by atoms with Crippen LogP contribution in [0.15, 0.2) is 0 Å². The van der Waals surface area contributed by atoms with Crippen molar-refractivity contribution in [3.8, 4) is 0 Å². The lowest BCUT2D eigenvalue weighted by Crippen LogP contribution is -2.31. The number of nitrogens with zero attached hydrogens (tertiary/aromatic N) is 1. The van der Waals surface area contributed by atoms with E-state index in [9.17, 15) is 9.50 Å². The molecule has 0 unspecified atom stereocenters. The fourth-order valence-corrected chi connectivity index (χ4v) is 1.76. The molecule has 0 aliphatic carbocycles. The van der Waals surface area contributed by atoms with Crippen molar-refractivity contribution in [3.63, 3.8) is 0 Å². The van der Waals surface area contributed by atoms with E-state index in [0.29, 0.717) is 19.1 Å². The van der Waals surface area contributed by atoms with Crippen molar-refractivity contribution in [2.45, 2.75) is 31.9 Å². The summed E-state index contributed by atoms with van der Waals surface area (Å²) in [5, 5.41) is 9.26. The monoisotopic (exact) mass is 161 g/mol. The number of aliphatic hydroxyl groups excluding tert-OH is 1. The van der Waals surface area contributed by atoms with Crippen LogP contribution < -0.4 is 0 Å². The number of aliphatic hydroxyl groups is 1. The molecule has 1 aliphatic rings. The second kappa shape index (κ2) is 4.02. The largest absolute Gasteiger partial charge is 0.392 e. The van der Waals surface area contributed by atoms with E-state index in [4.69, 9.17) is 0 Å². The predicted molar refractivity (Wildman–Crippen MR) is 42.3 cm³/mol. The van der Waals surface area contributed by atoms with Gasteiger partial charge in [0.15, 0.2) is 0 Å². The molecule has 1 rings (SSSR count). The Bertz CT molecular complexity index is 121. The average Bonchev–Trinajstić information content (AvgIpc) is 2.32. The Morgan fingerprint density at radius 1 is 1.64 bits per heavy atom. The molecule has 1 saturated heterocycles. The summed E-state index contributed by atoms with van der Waals surface area (Å²) in [5.41, 5.74) is 0. The van der Waals surface area contributed by atoms with Crippen molar-refractivity contribution in [2.24, 2.45) is 0 Å². The van der Waals surface area contributed by atoms with Gasteiger partial charge in [-0.05, 0) is 12.8 Å². The molecule has 2 nitrogen and oxygen atoms in total. The van der Waals surface area contributed by atoms with Gasteiger partial charge in [0.2, 0.25) is 0 Å². The van der Waals surface area contributed by atoms with Gasteiger partial charge in [-0.2, -0.15) is 0 Å². The van der Waals surface area contributed by atoms with Crippen molar-refractivity contribution in [1.82, 2.24) is 4.90 Å². The van der Waals surface area contributed by atoms with Gasteiger partial charge in [-0.25, -0.2) is 4.39 Å². The molecule has 1 aliphatic heterocycles. The summed E-state index contributed by atoms with van der Waals surface area (Å²) < 4.78 is 12.0. The molecule has 3 heteroatoms. The number of hydrogen-bond donors (Lipinski definition) is 1. The number of β-amino-alcohol motifs (C(OH)–C–C–N with tert-alkyl or cyclic N) is 1. The number of halogens is 1. The summed E-state index contributed by atoms with van der Waals surface area (Å²) in [6, 6.07) is 0.403. The van der Waals surface area contributed by atoms with Crippen molar-refractivity contribution >= 4 is 0 Å². The van der Waals surface area contributed by atoms with Gasteiger partial charge >= 0.3 is 0 Å².